The van der Waals surface area contributed by atoms with E-state index in [4.69, 9.17) is 0 Å². The van der Waals surface area contributed by atoms with Gasteiger partial charge in [0, 0.05) is 6.20 Å². The quantitative estimate of drug-likeness (QED) is 0.744. The summed E-state index contributed by atoms with van der Waals surface area (Å²) in [5.41, 5.74) is 3.92. The number of anilines is 1. The molecule has 5 nitrogen and oxygen atoms in total. The molecule has 0 saturated carbocycles. The zero-order valence-corrected chi connectivity index (χ0v) is 14.6. The maximum atomic E-state index is 12.7. The van der Waals surface area contributed by atoms with Crippen LogP contribution in [0.2, 0.25) is 0 Å². The van der Waals surface area contributed by atoms with E-state index in [1.165, 1.54) is 23.3 Å². The van der Waals surface area contributed by atoms with Crippen LogP contribution in [-0.4, -0.2) is 18.6 Å². The van der Waals surface area contributed by atoms with Gasteiger partial charge in [-0.2, -0.15) is 5.10 Å². The highest BCUT2D eigenvalue weighted by molar-refractivity contribution is 7.94. The number of H-pyrrole nitrogens is 1. The third kappa shape index (κ3) is 2.85. The van der Waals surface area contributed by atoms with Gasteiger partial charge in [0.2, 0.25) is 0 Å². The lowest BCUT2D eigenvalue weighted by molar-refractivity contribution is 0.603. The maximum Gasteiger partial charge on any atom is 0.271 e. The summed E-state index contributed by atoms with van der Waals surface area (Å²) in [4.78, 5) is 0.850. The molecule has 0 saturated heterocycles. The number of nitrogens with zero attached hydrogens (tertiary/aromatic N) is 1. The fourth-order valence-electron chi connectivity index (χ4n) is 3.07. The van der Waals surface area contributed by atoms with Crippen molar-refractivity contribution in [3.05, 3.63) is 53.7 Å². The molecule has 1 aliphatic carbocycles. The lowest BCUT2D eigenvalue weighted by Crippen LogP contribution is -2.15. The highest BCUT2D eigenvalue weighted by atomic mass is 32.2. The zero-order chi connectivity index (χ0) is 16.6. The van der Waals surface area contributed by atoms with Gasteiger partial charge >= 0.3 is 0 Å². The highest BCUT2D eigenvalue weighted by Crippen LogP contribution is 2.33. The molecule has 2 aromatic heterocycles. The van der Waals surface area contributed by atoms with Gasteiger partial charge in [-0.1, -0.05) is 12.1 Å². The first kappa shape index (κ1) is 15.4. The van der Waals surface area contributed by atoms with Crippen molar-refractivity contribution >= 4 is 27.0 Å². The largest absolute Gasteiger partial charge is 0.279 e. The van der Waals surface area contributed by atoms with Gasteiger partial charge in [0.1, 0.15) is 4.21 Å². The number of aromatic amines is 1. The normalized spacial score (nSPS) is 14.3. The second-order valence-electron chi connectivity index (χ2n) is 5.84. The van der Waals surface area contributed by atoms with E-state index in [1.54, 1.807) is 18.3 Å². The molecule has 0 spiro atoms. The molecule has 0 fully saturated rings. The minimum absolute atomic E-state index is 0.306. The Labute approximate surface area is 144 Å². The summed E-state index contributed by atoms with van der Waals surface area (Å²) in [5.74, 6) is 0. The molecule has 0 radical (unpaired) electrons. The van der Waals surface area contributed by atoms with Crippen molar-refractivity contribution in [1.82, 2.24) is 10.2 Å². The molecule has 0 bridgehead atoms. The molecule has 2 N–H and O–H groups in total. The van der Waals surface area contributed by atoms with Crippen molar-refractivity contribution in [2.75, 3.05) is 4.72 Å². The Kier molecular flexibility index (Phi) is 3.90. The van der Waals surface area contributed by atoms with Crippen molar-refractivity contribution in [1.29, 1.82) is 0 Å². The zero-order valence-electron chi connectivity index (χ0n) is 13.0. The molecular weight excluding hydrogens is 342 g/mol. The predicted octanol–water partition coefficient (Wildman–Crippen LogP) is 3.82. The van der Waals surface area contributed by atoms with E-state index < -0.39 is 10.0 Å². The van der Waals surface area contributed by atoms with Crippen molar-refractivity contribution < 1.29 is 8.42 Å². The Bertz CT molecular complexity index is 960. The lowest BCUT2D eigenvalue weighted by atomic mass is 9.91. The van der Waals surface area contributed by atoms with E-state index in [9.17, 15) is 8.42 Å². The average Bonchev–Trinajstić information content (AvgIpc) is 3.26. The van der Waals surface area contributed by atoms with Crippen LogP contribution in [0.4, 0.5) is 5.69 Å². The van der Waals surface area contributed by atoms with Crippen molar-refractivity contribution in [2.45, 2.75) is 29.9 Å². The number of fused-ring (bicyclic) bond motifs is 1. The molecule has 0 atom stereocenters. The first-order valence-corrected chi connectivity index (χ1v) is 10.2. The van der Waals surface area contributed by atoms with Crippen LogP contribution in [0.1, 0.15) is 24.0 Å². The van der Waals surface area contributed by atoms with Gasteiger partial charge in [0.05, 0.1) is 16.3 Å². The number of aryl methyl sites for hydroxylation is 1. The minimum Gasteiger partial charge on any atom is -0.279 e. The third-order valence-electron chi connectivity index (χ3n) is 4.25. The summed E-state index contributed by atoms with van der Waals surface area (Å²) in [7, 11) is -3.58. The fraction of sp³-hybridized carbons (Fsp3) is 0.235. The van der Waals surface area contributed by atoms with E-state index in [2.05, 4.69) is 21.0 Å². The Morgan fingerprint density at radius 3 is 2.79 bits per heavy atom. The molecule has 7 heteroatoms. The number of hydrogen-bond donors (Lipinski definition) is 2. The Morgan fingerprint density at radius 2 is 1.96 bits per heavy atom. The molecule has 24 heavy (non-hydrogen) atoms. The number of rotatable bonds is 4. The van der Waals surface area contributed by atoms with Crippen molar-refractivity contribution in [3.8, 4) is 10.6 Å². The Hall–Kier alpha value is -2.12. The van der Waals surface area contributed by atoms with E-state index >= 15 is 0 Å². The van der Waals surface area contributed by atoms with Gasteiger partial charge in [-0.25, -0.2) is 8.42 Å². The van der Waals surface area contributed by atoms with E-state index in [0.717, 1.165) is 35.4 Å². The molecule has 3 aromatic rings. The topological polar surface area (TPSA) is 74.8 Å². The van der Waals surface area contributed by atoms with Crippen LogP contribution in [0.15, 0.2) is 46.8 Å². The summed E-state index contributed by atoms with van der Waals surface area (Å²) < 4.78 is 28.6. The van der Waals surface area contributed by atoms with Crippen LogP contribution in [0.25, 0.3) is 10.6 Å². The van der Waals surface area contributed by atoms with Gasteiger partial charge in [0.25, 0.3) is 10.0 Å². The molecule has 1 aromatic carbocycles. The molecular formula is C17H17N3O2S2. The lowest BCUT2D eigenvalue weighted by Gasteiger charge is -2.19. The Morgan fingerprint density at radius 1 is 1.08 bits per heavy atom. The number of nitrogens with one attached hydrogen (secondary N) is 2. The molecule has 0 amide bonds. The van der Waals surface area contributed by atoms with Crippen LogP contribution >= 0.6 is 11.3 Å². The predicted molar refractivity (Wildman–Crippen MR) is 95.8 cm³/mol. The molecule has 124 valence electrons. The number of sulfonamides is 1. The first-order chi connectivity index (χ1) is 11.6. The number of benzene rings is 1. The van der Waals surface area contributed by atoms with Crippen LogP contribution in [-0.2, 0) is 22.9 Å². The van der Waals surface area contributed by atoms with E-state index in [-0.39, 0.29) is 0 Å². The molecule has 1 aliphatic rings. The first-order valence-electron chi connectivity index (χ1n) is 7.87. The second-order valence-corrected chi connectivity index (χ2v) is 8.84. The number of aromatic nitrogens is 2. The minimum atomic E-state index is -3.58. The van der Waals surface area contributed by atoms with Gasteiger partial charge in [-0.3, -0.25) is 9.82 Å². The van der Waals surface area contributed by atoms with Crippen molar-refractivity contribution in [3.63, 3.8) is 0 Å². The van der Waals surface area contributed by atoms with Gasteiger partial charge in [-0.15, -0.1) is 11.3 Å². The SMILES string of the molecule is O=S(=O)(Nc1cccc2c1CCCC2)c1ccc(-c2ccn[nH]2)s1. The van der Waals surface area contributed by atoms with Crippen LogP contribution in [0.5, 0.6) is 0 Å². The van der Waals surface area contributed by atoms with E-state index in [0.29, 0.717) is 9.90 Å². The average molecular weight is 359 g/mol. The standard InChI is InChI=1S/C17H17N3O2S2/c21-24(22,17-9-8-16(23-17)15-10-11-18-19-15)20-14-7-3-5-12-4-1-2-6-13(12)14/h3,5,7-11,20H,1-2,4,6H2,(H,18,19). The third-order valence-corrected chi connectivity index (χ3v) is 7.23. The van der Waals surface area contributed by atoms with E-state index in [1.807, 2.05) is 18.2 Å². The summed E-state index contributed by atoms with van der Waals surface area (Å²) in [5, 5.41) is 6.76. The highest BCUT2D eigenvalue weighted by Gasteiger charge is 2.21. The molecule has 2 heterocycles. The van der Waals surface area contributed by atoms with Crippen LogP contribution in [0.3, 0.4) is 0 Å². The summed E-state index contributed by atoms with van der Waals surface area (Å²) in [6.45, 7) is 0. The summed E-state index contributed by atoms with van der Waals surface area (Å²) in [6.07, 6.45) is 5.87. The second kappa shape index (κ2) is 6.07. The number of thiophene rings is 1. The summed E-state index contributed by atoms with van der Waals surface area (Å²) in [6, 6.07) is 11.1. The smallest absolute Gasteiger partial charge is 0.271 e. The monoisotopic (exact) mass is 359 g/mol. The van der Waals surface area contributed by atoms with Crippen LogP contribution < -0.4 is 4.72 Å². The van der Waals surface area contributed by atoms with Gasteiger partial charge in [-0.05, 0) is 61.1 Å². The fourth-order valence-corrected chi connectivity index (χ4v) is 5.45. The number of hydrogen-bond acceptors (Lipinski definition) is 4. The van der Waals surface area contributed by atoms with Crippen molar-refractivity contribution in [2.24, 2.45) is 0 Å². The summed E-state index contributed by atoms with van der Waals surface area (Å²) >= 11 is 1.23. The molecule has 4 rings (SSSR count). The molecule has 0 unspecified atom stereocenters. The van der Waals surface area contributed by atoms with Gasteiger partial charge < -0.3 is 0 Å². The van der Waals surface area contributed by atoms with Crippen LogP contribution in [0, 0.1) is 0 Å². The Balaban J connectivity index is 1.65. The van der Waals surface area contributed by atoms with Gasteiger partial charge in [0.15, 0.2) is 0 Å². The molecule has 0 aliphatic heterocycles. The maximum absolute atomic E-state index is 12.7.